The van der Waals surface area contributed by atoms with Crippen LogP contribution >= 0.6 is 11.3 Å². The number of carbonyl (C=O) groups is 1. The van der Waals surface area contributed by atoms with Crippen LogP contribution in [0.2, 0.25) is 0 Å². The minimum Gasteiger partial charge on any atom is -0.493 e. The minimum absolute atomic E-state index is 0.127. The van der Waals surface area contributed by atoms with Gasteiger partial charge in [0.2, 0.25) is 5.91 Å². The second-order valence-corrected chi connectivity index (χ2v) is 6.91. The number of hydrogen-bond donors (Lipinski definition) is 2. The van der Waals surface area contributed by atoms with Gasteiger partial charge in [-0.15, -0.1) is 11.3 Å². The summed E-state index contributed by atoms with van der Waals surface area (Å²) >= 11 is 1.41. The van der Waals surface area contributed by atoms with Gasteiger partial charge in [0.15, 0.2) is 5.13 Å². The Morgan fingerprint density at radius 2 is 2.30 bits per heavy atom. The highest BCUT2D eigenvalue weighted by Crippen LogP contribution is 2.32. The highest BCUT2D eigenvalue weighted by atomic mass is 32.1. The molecular weight excluding hydrogens is 312 g/mol. The molecule has 2 unspecified atom stereocenters. The van der Waals surface area contributed by atoms with Crippen molar-refractivity contribution < 1.29 is 14.6 Å². The maximum atomic E-state index is 12.2. The fourth-order valence-corrected chi connectivity index (χ4v) is 3.98. The third-order valence-electron chi connectivity index (χ3n) is 4.54. The lowest BCUT2D eigenvalue weighted by molar-refractivity contribution is -0.122. The van der Waals surface area contributed by atoms with Crippen LogP contribution in [0, 0.1) is 5.92 Å². The molecule has 1 aliphatic heterocycles. The summed E-state index contributed by atoms with van der Waals surface area (Å²) in [5.74, 6) is 0.519. The monoisotopic (exact) mass is 330 g/mol. The number of benzene rings is 1. The van der Waals surface area contributed by atoms with Crippen LogP contribution in [0.15, 0.2) is 23.6 Å². The molecule has 23 heavy (non-hydrogen) atoms. The van der Waals surface area contributed by atoms with E-state index in [9.17, 15) is 9.90 Å². The average molecular weight is 330 g/mol. The topological polar surface area (TPSA) is 71.5 Å². The molecule has 1 aromatic carbocycles. The van der Waals surface area contributed by atoms with Crippen LogP contribution in [0.4, 0.5) is 5.13 Å². The Bertz CT molecular complexity index is 743. The Morgan fingerprint density at radius 3 is 3.13 bits per heavy atom. The number of thiazole rings is 1. The van der Waals surface area contributed by atoms with E-state index in [4.69, 9.17) is 4.74 Å². The van der Waals surface area contributed by atoms with Crippen molar-refractivity contribution in [3.05, 3.63) is 29.1 Å². The number of aromatic nitrogens is 1. The van der Waals surface area contributed by atoms with E-state index in [1.165, 1.54) is 16.9 Å². The molecule has 1 fully saturated rings. The third kappa shape index (κ3) is 2.84. The van der Waals surface area contributed by atoms with Crippen LogP contribution in [-0.2, 0) is 11.2 Å². The summed E-state index contributed by atoms with van der Waals surface area (Å²) in [5.41, 5.74) is 3.09. The van der Waals surface area contributed by atoms with Gasteiger partial charge in [-0.25, -0.2) is 4.98 Å². The number of aliphatic hydroxyl groups is 1. The molecule has 6 heteroatoms. The predicted octanol–water partition coefficient (Wildman–Crippen LogP) is 2.84. The highest BCUT2D eigenvalue weighted by Gasteiger charge is 2.31. The first-order valence-electron chi connectivity index (χ1n) is 7.91. The summed E-state index contributed by atoms with van der Waals surface area (Å²) < 4.78 is 5.52. The molecule has 2 aliphatic rings. The molecule has 1 aliphatic carbocycles. The third-order valence-corrected chi connectivity index (χ3v) is 5.29. The molecule has 1 aromatic heterocycles. The number of ether oxygens (including phenoxy) is 1. The maximum Gasteiger partial charge on any atom is 0.231 e. The van der Waals surface area contributed by atoms with E-state index in [1.807, 2.05) is 17.5 Å². The van der Waals surface area contributed by atoms with Crippen LogP contribution in [0.5, 0.6) is 5.75 Å². The largest absolute Gasteiger partial charge is 0.493 e. The quantitative estimate of drug-likeness (QED) is 0.908. The number of carbonyl (C=O) groups excluding carboxylic acids is 1. The molecule has 2 atom stereocenters. The van der Waals surface area contributed by atoms with Crippen LogP contribution in [0.3, 0.4) is 0 Å². The van der Waals surface area contributed by atoms with Crippen molar-refractivity contribution in [1.82, 2.24) is 4.98 Å². The zero-order valence-corrected chi connectivity index (χ0v) is 13.4. The predicted molar refractivity (Wildman–Crippen MR) is 88.7 cm³/mol. The number of rotatable bonds is 3. The number of aliphatic hydroxyl groups excluding tert-OH is 1. The summed E-state index contributed by atoms with van der Waals surface area (Å²) in [4.78, 5) is 16.7. The molecule has 0 spiro atoms. The van der Waals surface area contributed by atoms with Crippen LogP contribution < -0.4 is 10.1 Å². The molecule has 4 rings (SSSR count). The number of hydrogen-bond acceptors (Lipinski definition) is 5. The van der Waals surface area contributed by atoms with Crippen LogP contribution in [0.1, 0.15) is 24.8 Å². The molecule has 1 amide bonds. The van der Waals surface area contributed by atoms with E-state index in [-0.39, 0.29) is 11.8 Å². The van der Waals surface area contributed by atoms with Gasteiger partial charge in [-0.05, 0) is 43.0 Å². The number of fused-ring (bicyclic) bond motifs is 1. The standard InChI is InChI=1S/C17H18N2O3S/c20-14-3-1-2-12(14)16(21)19-17-18-13(9-23-17)10-4-5-15-11(8-10)6-7-22-15/h4-5,8-9,12,14,20H,1-3,6-7H2,(H,18,19,21). The second-order valence-electron chi connectivity index (χ2n) is 6.05. The van der Waals surface area contributed by atoms with E-state index in [0.29, 0.717) is 11.6 Å². The van der Waals surface area contributed by atoms with Crippen molar-refractivity contribution in [1.29, 1.82) is 0 Å². The van der Waals surface area contributed by atoms with Gasteiger partial charge < -0.3 is 15.2 Å². The first kappa shape index (κ1) is 14.7. The van der Waals surface area contributed by atoms with E-state index < -0.39 is 6.10 Å². The molecule has 120 valence electrons. The molecule has 5 nitrogen and oxygen atoms in total. The summed E-state index contributed by atoms with van der Waals surface area (Å²) in [6.45, 7) is 0.737. The Hall–Kier alpha value is -1.92. The number of amides is 1. The first-order chi connectivity index (χ1) is 11.2. The Balaban J connectivity index is 1.49. The van der Waals surface area contributed by atoms with Gasteiger partial charge >= 0.3 is 0 Å². The zero-order valence-electron chi connectivity index (χ0n) is 12.6. The van der Waals surface area contributed by atoms with Gasteiger partial charge in [-0.3, -0.25) is 4.79 Å². The molecule has 0 bridgehead atoms. The maximum absolute atomic E-state index is 12.2. The average Bonchev–Trinajstić information content (AvgIpc) is 3.26. The van der Waals surface area contributed by atoms with Crippen molar-refractivity contribution >= 4 is 22.4 Å². The SMILES string of the molecule is O=C(Nc1nc(-c2ccc3c(c2)CCO3)cs1)C1CCCC1O. The molecule has 1 saturated carbocycles. The lowest BCUT2D eigenvalue weighted by Gasteiger charge is -2.12. The molecule has 2 heterocycles. The van der Waals surface area contributed by atoms with Crippen molar-refractivity contribution in [2.45, 2.75) is 31.8 Å². The van der Waals surface area contributed by atoms with Gasteiger partial charge in [-0.2, -0.15) is 0 Å². The zero-order chi connectivity index (χ0) is 15.8. The van der Waals surface area contributed by atoms with Gasteiger partial charge in [0.25, 0.3) is 0 Å². The molecule has 0 saturated heterocycles. The lowest BCUT2D eigenvalue weighted by atomic mass is 10.1. The van der Waals surface area contributed by atoms with E-state index in [1.54, 1.807) is 0 Å². The number of nitrogens with one attached hydrogen (secondary N) is 1. The summed E-state index contributed by atoms with van der Waals surface area (Å²) in [6, 6.07) is 6.07. The summed E-state index contributed by atoms with van der Waals surface area (Å²) in [7, 11) is 0. The lowest BCUT2D eigenvalue weighted by Crippen LogP contribution is -2.28. The van der Waals surface area contributed by atoms with Crippen LogP contribution in [0.25, 0.3) is 11.3 Å². The van der Waals surface area contributed by atoms with Gasteiger partial charge in [0, 0.05) is 17.4 Å². The summed E-state index contributed by atoms with van der Waals surface area (Å²) in [5, 5.41) is 15.2. The van der Waals surface area contributed by atoms with Crippen molar-refractivity contribution in [3.8, 4) is 17.0 Å². The fraction of sp³-hybridized carbons (Fsp3) is 0.412. The van der Waals surface area contributed by atoms with E-state index in [0.717, 1.165) is 42.9 Å². The van der Waals surface area contributed by atoms with Crippen molar-refractivity contribution in [3.63, 3.8) is 0 Å². The van der Waals surface area contributed by atoms with Gasteiger partial charge in [0.05, 0.1) is 24.3 Å². The highest BCUT2D eigenvalue weighted by molar-refractivity contribution is 7.14. The van der Waals surface area contributed by atoms with E-state index >= 15 is 0 Å². The van der Waals surface area contributed by atoms with Crippen molar-refractivity contribution in [2.75, 3.05) is 11.9 Å². The van der Waals surface area contributed by atoms with E-state index in [2.05, 4.69) is 16.4 Å². The van der Waals surface area contributed by atoms with Crippen LogP contribution in [-0.4, -0.2) is 28.7 Å². The smallest absolute Gasteiger partial charge is 0.231 e. The van der Waals surface area contributed by atoms with Gasteiger partial charge in [-0.1, -0.05) is 0 Å². The number of nitrogens with zero attached hydrogens (tertiary/aromatic N) is 1. The molecular formula is C17H18N2O3S. The van der Waals surface area contributed by atoms with Crippen molar-refractivity contribution in [2.24, 2.45) is 5.92 Å². The first-order valence-corrected chi connectivity index (χ1v) is 8.79. The molecule has 2 aromatic rings. The minimum atomic E-state index is -0.522. The molecule has 2 N–H and O–H groups in total. The second kappa shape index (κ2) is 5.94. The van der Waals surface area contributed by atoms with Gasteiger partial charge in [0.1, 0.15) is 5.75 Å². The Morgan fingerprint density at radius 1 is 1.39 bits per heavy atom. The molecule has 0 radical (unpaired) electrons. The summed E-state index contributed by atoms with van der Waals surface area (Å²) in [6.07, 6.45) is 2.76. The Kier molecular flexibility index (Phi) is 3.79. The Labute approximate surface area is 138 Å². The normalized spacial score (nSPS) is 22.7. The number of anilines is 1. The fourth-order valence-electron chi connectivity index (χ4n) is 3.25.